The van der Waals surface area contributed by atoms with Crippen LogP contribution in [0.1, 0.15) is 13.3 Å². The van der Waals surface area contributed by atoms with E-state index >= 15 is 0 Å². The van der Waals surface area contributed by atoms with E-state index in [0.717, 1.165) is 12.0 Å². The Kier molecular flexibility index (Phi) is 2.25. The van der Waals surface area contributed by atoms with E-state index < -0.39 is 6.23 Å². The first-order chi connectivity index (χ1) is 4.70. The van der Waals surface area contributed by atoms with Gasteiger partial charge in [-0.2, -0.15) is 0 Å². The lowest BCUT2D eigenvalue weighted by Gasteiger charge is -2.15. The maximum absolute atomic E-state index is 8.97. The molecule has 1 rings (SSSR count). The molecule has 1 aliphatic rings. The quantitative estimate of drug-likeness (QED) is 0.527. The third-order valence-corrected chi connectivity index (χ3v) is 1.69. The number of hydrogen-bond donors (Lipinski definition) is 2. The molecule has 0 saturated heterocycles. The lowest BCUT2D eigenvalue weighted by Crippen LogP contribution is -2.23. The van der Waals surface area contributed by atoms with Crippen LogP contribution in [0.15, 0.2) is 23.8 Å². The van der Waals surface area contributed by atoms with Crippen molar-refractivity contribution >= 4 is 0 Å². The summed E-state index contributed by atoms with van der Waals surface area (Å²) in [7, 11) is 0. The van der Waals surface area contributed by atoms with Gasteiger partial charge in [-0.15, -0.1) is 0 Å². The van der Waals surface area contributed by atoms with E-state index in [1.807, 2.05) is 12.2 Å². The predicted octanol–water partition coefficient (Wildman–Crippen LogP) is 0.786. The lowest BCUT2D eigenvalue weighted by atomic mass is 9.95. The van der Waals surface area contributed by atoms with Gasteiger partial charge in [-0.3, -0.25) is 0 Å². The zero-order valence-corrected chi connectivity index (χ0v) is 6.12. The molecular weight excluding hydrogens is 126 g/mol. The van der Waals surface area contributed by atoms with Gasteiger partial charge in [0.1, 0.15) is 6.23 Å². The summed E-state index contributed by atoms with van der Waals surface area (Å²) >= 11 is 0. The van der Waals surface area contributed by atoms with E-state index in [0.29, 0.717) is 5.92 Å². The van der Waals surface area contributed by atoms with Gasteiger partial charge >= 0.3 is 0 Å². The molecule has 3 N–H and O–H groups in total. The number of allylic oxidation sites excluding steroid dienone is 3. The molecule has 2 unspecified atom stereocenters. The Morgan fingerprint density at radius 3 is 2.90 bits per heavy atom. The van der Waals surface area contributed by atoms with Gasteiger partial charge in [0.15, 0.2) is 0 Å². The molecule has 0 aromatic carbocycles. The molecule has 0 aliphatic heterocycles. The van der Waals surface area contributed by atoms with Crippen molar-refractivity contribution in [3.63, 3.8) is 0 Å². The van der Waals surface area contributed by atoms with Gasteiger partial charge in [-0.25, -0.2) is 0 Å². The topological polar surface area (TPSA) is 46.2 Å². The van der Waals surface area contributed by atoms with Crippen LogP contribution < -0.4 is 5.73 Å². The normalized spacial score (nSPS) is 27.9. The fourth-order valence-electron chi connectivity index (χ4n) is 1.10. The van der Waals surface area contributed by atoms with Gasteiger partial charge in [-0.1, -0.05) is 25.2 Å². The van der Waals surface area contributed by atoms with Crippen molar-refractivity contribution < 1.29 is 5.11 Å². The fraction of sp³-hybridized carbons (Fsp3) is 0.500. The zero-order valence-electron chi connectivity index (χ0n) is 6.12. The minimum Gasteiger partial charge on any atom is -0.375 e. The van der Waals surface area contributed by atoms with E-state index in [2.05, 4.69) is 13.0 Å². The number of nitrogens with two attached hydrogens (primary N) is 1. The van der Waals surface area contributed by atoms with Crippen LogP contribution in [0.4, 0.5) is 0 Å². The van der Waals surface area contributed by atoms with Crippen LogP contribution >= 0.6 is 0 Å². The second-order valence-corrected chi connectivity index (χ2v) is 2.75. The Morgan fingerprint density at radius 2 is 2.50 bits per heavy atom. The molecule has 2 atom stereocenters. The molecule has 0 aromatic heterocycles. The van der Waals surface area contributed by atoms with E-state index in [1.54, 1.807) is 0 Å². The van der Waals surface area contributed by atoms with Crippen LogP contribution in [-0.2, 0) is 0 Å². The van der Waals surface area contributed by atoms with Crippen molar-refractivity contribution in [2.75, 3.05) is 0 Å². The zero-order chi connectivity index (χ0) is 7.56. The average Bonchev–Trinajstić information content (AvgIpc) is 1.88. The van der Waals surface area contributed by atoms with Crippen LogP contribution in [0.2, 0.25) is 0 Å². The molecule has 0 fully saturated rings. The molecule has 10 heavy (non-hydrogen) atoms. The maximum Gasteiger partial charge on any atom is 0.124 e. The molecule has 1 aliphatic carbocycles. The predicted molar refractivity (Wildman–Crippen MR) is 41.2 cm³/mol. The van der Waals surface area contributed by atoms with E-state index in [1.165, 1.54) is 0 Å². The molecular formula is C8H13NO. The Hall–Kier alpha value is -0.600. The summed E-state index contributed by atoms with van der Waals surface area (Å²) in [6, 6.07) is 0. The molecule has 56 valence electrons. The second kappa shape index (κ2) is 2.99. The molecule has 0 amide bonds. The van der Waals surface area contributed by atoms with Gasteiger partial charge in [0, 0.05) is 0 Å². The van der Waals surface area contributed by atoms with Crippen LogP contribution in [0.3, 0.4) is 0 Å². The van der Waals surface area contributed by atoms with Gasteiger partial charge in [0.25, 0.3) is 0 Å². The maximum atomic E-state index is 8.97. The van der Waals surface area contributed by atoms with Crippen molar-refractivity contribution in [2.45, 2.75) is 19.6 Å². The highest BCUT2D eigenvalue weighted by Gasteiger charge is 2.10. The highest BCUT2D eigenvalue weighted by atomic mass is 16.3. The van der Waals surface area contributed by atoms with E-state index in [4.69, 9.17) is 10.8 Å². The summed E-state index contributed by atoms with van der Waals surface area (Å²) in [4.78, 5) is 0. The highest BCUT2D eigenvalue weighted by molar-refractivity contribution is 5.21. The van der Waals surface area contributed by atoms with Gasteiger partial charge in [0.2, 0.25) is 0 Å². The molecule has 0 spiro atoms. The summed E-state index contributed by atoms with van der Waals surface area (Å²) in [6.07, 6.45) is 6.04. The number of hydrogen-bond acceptors (Lipinski definition) is 2. The van der Waals surface area contributed by atoms with E-state index in [9.17, 15) is 0 Å². The molecule has 2 heteroatoms. The smallest absolute Gasteiger partial charge is 0.124 e. The molecule has 0 aromatic rings. The second-order valence-electron chi connectivity index (χ2n) is 2.75. The summed E-state index contributed by atoms with van der Waals surface area (Å²) in [6.45, 7) is 2.10. The standard InChI is InChI=1S/C8H13NO/c1-6-3-2-4-7(5-6)8(9)10/h2-4,6,8,10H,5,9H2,1H3. The first kappa shape index (κ1) is 7.51. The first-order valence-corrected chi connectivity index (χ1v) is 3.51. The third-order valence-electron chi connectivity index (χ3n) is 1.69. The number of aliphatic hydroxyl groups excluding tert-OH is 1. The van der Waals surface area contributed by atoms with Crippen LogP contribution in [0, 0.1) is 5.92 Å². The number of aliphatic hydroxyl groups is 1. The summed E-state index contributed by atoms with van der Waals surface area (Å²) in [5.74, 6) is 0.512. The molecule has 0 heterocycles. The van der Waals surface area contributed by atoms with E-state index in [-0.39, 0.29) is 0 Å². The highest BCUT2D eigenvalue weighted by Crippen LogP contribution is 2.18. The Morgan fingerprint density at radius 1 is 1.80 bits per heavy atom. The SMILES string of the molecule is CC1C=CC=C(C(N)O)C1. The van der Waals surface area contributed by atoms with Crippen LogP contribution in [0.25, 0.3) is 0 Å². The largest absolute Gasteiger partial charge is 0.375 e. The van der Waals surface area contributed by atoms with Gasteiger partial charge < -0.3 is 10.8 Å². The van der Waals surface area contributed by atoms with Crippen molar-refractivity contribution in [3.8, 4) is 0 Å². The van der Waals surface area contributed by atoms with Crippen LogP contribution in [-0.4, -0.2) is 11.3 Å². The minimum absolute atomic E-state index is 0.512. The van der Waals surface area contributed by atoms with Crippen molar-refractivity contribution in [3.05, 3.63) is 23.8 Å². The molecule has 0 radical (unpaired) electrons. The molecule has 2 nitrogen and oxygen atoms in total. The van der Waals surface area contributed by atoms with Crippen LogP contribution in [0.5, 0.6) is 0 Å². The Labute approximate surface area is 61.0 Å². The summed E-state index contributed by atoms with van der Waals surface area (Å²) in [5.41, 5.74) is 6.21. The number of rotatable bonds is 1. The lowest BCUT2D eigenvalue weighted by molar-refractivity contribution is 0.212. The summed E-state index contributed by atoms with van der Waals surface area (Å²) in [5, 5.41) is 8.97. The molecule has 0 bridgehead atoms. The third kappa shape index (κ3) is 1.69. The Balaban J connectivity index is 2.61. The fourth-order valence-corrected chi connectivity index (χ4v) is 1.10. The first-order valence-electron chi connectivity index (χ1n) is 3.51. The van der Waals surface area contributed by atoms with Gasteiger partial charge in [0.05, 0.1) is 0 Å². The Bertz CT molecular complexity index is 170. The minimum atomic E-state index is -0.771. The van der Waals surface area contributed by atoms with Crippen molar-refractivity contribution in [1.29, 1.82) is 0 Å². The van der Waals surface area contributed by atoms with Crippen molar-refractivity contribution in [1.82, 2.24) is 0 Å². The van der Waals surface area contributed by atoms with Gasteiger partial charge in [-0.05, 0) is 17.9 Å². The monoisotopic (exact) mass is 139 g/mol. The average molecular weight is 139 g/mol. The summed E-state index contributed by atoms with van der Waals surface area (Å²) < 4.78 is 0. The van der Waals surface area contributed by atoms with Crippen molar-refractivity contribution in [2.24, 2.45) is 11.7 Å². The molecule has 0 saturated carbocycles.